The van der Waals surface area contributed by atoms with E-state index < -0.39 is 0 Å². The van der Waals surface area contributed by atoms with Gasteiger partial charge >= 0.3 is 0 Å². The van der Waals surface area contributed by atoms with Gasteiger partial charge in [0.1, 0.15) is 11.5 Å². The van der Waals surface area contributed by atoms with Gasteiger partial charge in [0, 0.05) is 18.6 Å². The van der Waals surface area contributed by atoms with E-state index in [-0.39, 0.29) is 23.7 Å². The molecule has 0 aliphatic heterocycles. The zero-order valence-electron chi connectivity index (χ0n) is 14.2. The fourth-order valence-corrected chi connectivity index (χ4v) is 2.78. The van der Waals surface area contributed by atoms with Gasteiger partial charge in [-0.05, 0) is 42.9 Å². The number of hydrazone groups is 1. The third-order valence-corrected chi connectivity index (χ3v) is 4.01. The maximum Gasteiger partial charge on any atom is 0.277 e. The third-order valence-electron chi connectivity index (χ3n) is 4.01. The number of hydrogen-bond donors (Lipinski definition) is 1. The lowest BCUT2D eigenvalue weighted by molar-refractivity contribution is -0.123. The summed E-state index contributed by atoms with van der Waals surface area (Å²) in [5.74, 6) is 0.539. The van der Waals surface area contributed by atoms with E-state index in [0.717, 1.165) is 23.3 Å². The van der Waals surface area contributed by atoms with E-state index in [9.17, 15) is 9.59 Å². The highest BCUT2D eigenvalue weighted by Crippen LogP contribution is 2.31. The Kier molecular flexibility index (Phi) is 5.19. The van der Waals surface area contributed by atoms with E-state index in [2.05, 4.69) is 10.5 Å². The van der Waals surface area contributed by atoms with Crippen molar-refractivity contribution < 1.29 is 14.3 Å². The minimum Gasteiger partial charge on any atom is -0.483 e. The normalized spacial score (nSPS) is 18.8. The van der Waals surface area contributed by atoms with Crippen LogP contribution in [0.2, 0.25) is 0 Å². The van der Waals surface area contributed by atoms with Crippen molar-refractivity contribution in [2.75, 3.05) is 6.61 Å². The standard InChI is InChI=1S/C18H24N2O3/c1-12-6-5-7-16(13(12)2)23-11-17(22)20-19-14-8-15(21)10-18(3,4)9-14/h5-7H,8-11H2,1-4H3,(H,20,22)/b19-14+. The van der Waals surface area contributed by atoms with Gasteiger partial charge in [0.15, 0.2) is 6.61 Å². The Hall–Kier alpha value is -2.17. The molecule has 23 heavy (non-hydrogen) atoms. The van der Waals surface area contributed by atoms with Gasteiger partial charge in [-0.2, -0.15) is 5.10 Å². The highest BCUT2D eigenvalue weighted by Gasteiger charge is 2.30. The van der Waals surface area contributed by atoms with Crippen molar-refractivity contribution in [3.8, 4) is 5.75 Å². The zero-order valence-corrected chi connectivity index (χ0v) is 14.2. The molecule has 1 saturated carbocycles. The second-order valence-corrected chi connectivity index (χ2v) is 6.93. The van der Waals surface area contributed by atoms with Crippen LogP contribution in [0, 0.1) is 19.3 Å². The van der Waals surface area contributed by atoms with Crippen LogP contribution in [0.3, 0.4) is 0 Å². The Morgan fingerprint density at radius 2 is 2.04 bits per heavy atom. The number of ketones is 1. The molecule has 0 spiro atoms. The lowest BCUT2D eigenvalue weighted by atomic mass is 9.76. The number of benzene rings is 1. The first-order valence-corrected chi connectivity index (χ1v) is 7.82. The molecule has 5 nitrogen and oxygen atoms in total. The summed E-state index contributed by atoms with van der Waals surface area (Å²) in [4.78, 5) is 23.6. The fourth-order valence-electron chi connectivity index (χ4n) is 2.78. The molecule has 0 radical (unpaired) electrons. The van der Waals surface area contributed by atoms with Crippen molar-refractivity contribution in [2.45, 2.75) is 47.0 Å². The quantitative estimate of drug-likeness (QED) is 0.868. The molecule has 1 amide bonds. The summed E-state index contributed by atoms with van der Waals surface area (Å²) in [5.41, 5.74) is 5.26. The van der Waals surface area contributed by atoms with Crippen molar-refractivity contribution in [2.24, 2.45) is 10.5 Å². The highest BCUT2D eigenvalue weighted by atomic mass is 16.5. The van der Waals surface area contributed by atoms with Crippen molar-refractivity contribution in [3.63, 3.8) is 0 Å². The largest absolute Gasteiger partial charge is 0.483 e. The first-order valence-electron chi connectivity index (χ1n) is 7.82. The van der Waals surface area contributed by atoms with Crippen LogP contribution in [0.4, 0.5) is 0 Å². The van der Waals surface area contributed by atoms with Crippen molar-refractivity contribution >= 4 is 17.4 Å². The van der Waals surface area contributed by atoms with E-state index >= 15 is 0 Å². The maximum absolute atomic E-state index is 11.9. The number of carbonyl (C=O) groups excluding carboxylic acids is 2. The zero-order chi connectivity index (χ0) is 17.0. The van der Waals surface area contributed by atoms with Gasteiger partial charge in [0.25, 0.3) is 5.91 Å². The molecular weight excluding hydrogens is 292 g/mol. The molecule has 2 rings (SSSR count). The van der Waals surface area contributed by atoms with Gasteiger partial charge in [-0.1, -0.05) is 26.0 Å². The molecule has 1 N–H and O–H groups in total. The molecular formula is C18H24N2O3. The lowest BCUT2D eigenvalue weighted by Gasteiger charge is -2.28. The molecule has 5 heteroatoms. The molecule has 0 unspecified atom stereocenters. The second kappa shape index (κ2) is 6.94. The van der Waals surface area contributed by atoms with Gasteiger partial charge in [-0.3, -0.25) is 9.59 Å². The minimum absolute atomic E-state index is 0.0892. The summed E-state index contributed by atoms with van der Waals surface area (Å²) < 4.78 is 5.53. The Labute approximate surface area is 137 Å². The number of amides is 1. The number of nitrogens with one attached hydrogen (secondary N) is 1. The summed E-state index contributed by atoms with van der Waals surface area (Å²) in [6.07, 6.45) is 1.61. The van der Waals surface area contributed by atoms with Crippen LogP contribution in [0.15, 0.2) is 23.3 Å². The van der Waals surface area contributed by atoms with E-state index in [0.29, 0.717) is 18.6 Å². The van der Waals surface area contributed by atoms with E-state index in [1.165, 1.54) is 0 Å². The Morgan fingerprint density at radius 3 is 2.74 bits per heavy atom. The van der Waals surface area contributed by atoms with Gasteiger partial charge in [-0.15, -0.1) is 0 Å². The third kappa shape index (κ3) is 4.91. The van der Waals surface area contributed by atoms with Gasteiger partial charge in [-0.25, -0.2) is 5.43 Å². The van der Waals surface area contributed by atoms with Crippen LogP contribution in [0.1, 0.15) is 44.2 Å². The van der Waals surface area contributed by atoms with Gasteiger partial charge in [0.2, 0.25) is 0 Å². The topological polar surface area (TPSA) is 67.8 Å². The van der Waals surface area contributed by atoms with E-state index in [1.807, 2.05) is 45.9 Å². The van der Waals surface area contributed by atoms with Crippen LogP contribution in [-0.4, -0.2) is 24.0 Å². The SMILES string of the molecule is Cc1cccc(OCC(=O)N/N=C2\CC(=O)CC(C)(C)C2)c1C. The summed E-state index contributed by atoms with van der Waals surface area (Å²) in [5, 5.41) is 4.10. The number of nitrogens with zero attached hydrogens (tertiary/aromatic N) is 1. The predicted octanol–water partition coefficient (Wildman–Crippen LogP) is 2.93. The molecule has 124 valence electrons. The van der Waals surface area contributed by atoms with E-state index in [4.69, 9.17) is 4.74 Å². The molecule has 0 saturated heterocycles. The number of rotatable bonds is 4. The van der Waals surface area contributed by atoms with E-state index in [1.54, 1.807) is 0 Å². The Bertz CT molecular complexity index is 648. The molecule has 1 aliphatic rings. The lowest BCUT2D eigenvalue weighted by Crippen LogP contribution is -2.32. The van der Waals surface area contributed by atoms with Gasteiger partial charge < -0.3 is 4.74 Å². The average Bonchev–Trinajstić information content (AvgIpc) is 2.44. The number of ether oxygens (including phenoxy) is 1. The van der Waals surface area contributed by atoms with Crippen LogP contribution < -0.4 is 10.2 Å². The van der Waals surface area contributed by atoms with Crippen molar-refractivity contribution in [1.82, 2.24) is 5.43 Å². The monoisotopic (exact) mass is 316 g/mol. The molecule has 1 aromatic rings. The van der Waals surface area contributed by atoms with Crippen molar-refractivity contribution in [1.29, 1.82) is 0 Å². The molecule has 1 fully saturated rings. The van der Waals surface area contributed by atoms with Crippen LogP contribution >= 0.6 is 0 Å². The minimum atomic E-state index is -0.325. The summed E-state index contributed by atoms with van der Waals surface area (Å²) in [6, 6.07) is 5.73. The average molecular weight is 316 g/mol. The van der Waals surface area contributed by atoms with Crippen LogP contribution in [0.5, 0.6) is 5.75 Å². The van der Waals surface area contributed by atoms with Crippen molar-refractivity contribution in [3.05, 3.63) is 29.3 Å². The number of aryl methyl sites for hydroxylation is 1. The molecule has 0 atom stereocenters. The fraction of sp³-hybridized carbons (Fsp3) is 0.500. The number of Topliss-reactive ketones (excluding diaryl/α,β-unsaturated/α-hetero) is 1. The molecule has 0 bridgehead atoms. The first-order chi connectivity index (χ1) is 10.8. The Morgan fingerprint density at radius 1 is 1.30 bits per heavy atom. The number of carbonyl (C=O) groups is 2. The molecule has 1 aromatic carbocycles. The molecule has 0 aromatic heterocycles. The summed E-state index contributed by atoms with van der Waals surface area (Å²) in [7, 11) is 0. The molecule has 1 aliphatic carbocycles. The van der Waals surface area contributed by atoms with Crippen LogP contribution in [0.25, 0.3) is 0 Å². The first kappa shape index (κ1) is 17.2. The van der Waals surface area contributed by atoms with Gasteiger partial charge in [0.05, 0.1) is 0 Å². The predicted molar refractivity (Wildman–Crippen MR) is 89.6 cm³/mol. The van der Waals surface area contributed by atoms with Crippen LogP contribution in [-0.2, 0) is 9.59 Å². The number of hydrogen-bond acceptors (Lipinski definition) is 4. The maximum atomic E-state index is 11.9. The molecule has 0 heterocycles. The highest BCUT2D eigenvalue weighted by molar-refractivity contribution is 6.05. The summed E-state index contributed by atoms with van der Waals surface area (Å²) >= 11 is 0. The smallest absolute Gasteiger partial charge is 0.277 e. The Balaban J connectivity index is 1.89. The summed E-state index contributed by atoms with van der Waals surface area (Å²) in [6.45, 7) is 7.92. The second-order valence-electron chi connectivity index (χ2n) is 6.93.